The number of hydrogen-bond acceptors (Lipinski definition) is 7. The van der Waals surface area contributed by atoms with Crippen LogP contribution < -0.4 is 21.3 Å². The molecule has 0 radical (unpaired) electrons. The number of anilines is 3. The van der Waals surface area contributed by atoms with Crippen LogP contribution in [0, 0.1) is 5.82 Å². The highest BCUT2D eigenvalue weighted by atomic mass is 35.5. The number of hydrogen-bond donors (Lipinski definition) is 4. The van der Waals surface area contributed by atoms with Crippen molar-refractivity contribution in [3.8, 4) is 0 Å². The molecule has 3 aromatic heterocycles. The molecule has 0 saturated heterocycles. The molecule has 3 heterocycles. The summed E-state index contributed by atoms with van der Waals surface area (Å²) >= 11 is 5.93. The van der Waals surface area contributed by atoms with Crippen LogP contribution in [0.2, 0.25) is 5.02 Å². The Kier molecular flexibility index (Phi) is 7.21. The van der Waals surface area contributed by atoms with Crippen molar-refractivity contribution in [2.24, 2.45) is 0 Å². The summed E-state index contributed by atoms with van der Waals surface area (Å²) in [5.74, 6) is -0.660. The van der Waals surface area contributed by atoms with Crippen molar-refractivity contribution in [3.63, 3.8) is 0 Å². The molecule has 0 aliphatic heterocycles. The summed E-state index contributed by atoms with van der Waals surface area (Å²) in [4.78, 5) is 33.8. The van der Waals surface area contributed by atoms with Crippen LogP contribution >= 0.6 is 11.6 Å². The predicted octanol–water partition coefficient (Wildman–Crippen LogP) is 4.90. The van der Waals surface area contributed by atoms with E-state index in [1.165, 1.54) is 23.0 Å². The summed E-state index contributed by atoms with van der Waals surface area (Å²) in [6.07, 6.45) is 9.35. The highest BCUT2D eigenvalue weighted by Crippen LogP contribution is 2.30. The molecule has 2 fully saturated rings. The summed E-state index contributed by atoms with van der Waals surface area (Å²) in [5, 5.41) is 17.9. The quantitative estimate of drug-likeness (QED) is 0.241. The van der Waals surface area contributed by atoms with Crippen LogP contribution in [-0.2, 0) is 0 Å². The van der Waals surface area contributed by atoms with Gasteiger partial charge in [0, 0.05) is 41.0 Å². The maximum absolute atomic E-state index is 14.1. The van der Waals surface area contributed by atoms with Crippen molar-refractivity contribution >= 4 is 46.3 Å². The fourth-order valence-corrected chi connectivity index (χ4v) is 5.00. The Morgan fingerprint density at radius 3 is 2.30 bits per heavy atom. The molecule has 10 nitrogen and oxygen atoms in total. The van der Waals surface area contributed by atoms with Crippen molar-refractivity contribution in [2.75, 3.05) is 16.0 Å². The lowest BCUT2D eigenvalue weighted by Crippen LogP contribution is -2.40. The van der Waals surface area contributed by atoms with Gasteiger partial charge in [-0.3, -0.25) is 14.6 Å². The zero-order valence-electron chi connectivity index (χ0n) is 21.5. The number of benzene rings is 1. The van der Waals surface area contributed by atoms with E-state index in [0.717, 1.165) is 50.4 Å². The Hall–Kier alpha value is -4.25. The molecule has 40 heavy (non-hydrogen) atoms. The van der Waals surface area contributed by atoms with E-state index in [9.17, 15) is 14.0 Å². The molecule has 0 bridgehead atoms. The maximum Gasteiger partial charge on any atom is 0.276 e. The largest absolute Gasteiger partial charge is 0.379 e. The summed E-state index contributed by atoms with van der Waals surface area (Å²) in [6.45, 7) is 0. The molecule has 0 unspecified atom stereocenters. The van der Waals surface area contributed by atoms with E-state index in [2.05, 4.69) is 36.3 Å². The van der Waals surface area contributed by atoms with Crippen molar-refractivity contribution in [3.05, 3.63) is 77.1 Å². The van der Waals surface area contributed by atoms with Gasteiger partial charge in [0.1, 0.15) is 5.82 Å². The molecule has 2 amide bonds. The number of pyridine rings is 1. The smallest absolute Gasteiger partial charge is 0.276 e. The summed E-state index contributed by atoms with van der Waals surface area (Å²) in [5.41, 5.74) is 2.09. The lowest BCUT2D eigenvalue weighted by molar-refractivity contribution is 0.0926. The van der Waals surface area contributed by atoms with Gasteiger partial charge in [-0.2, -0.15) is 0 Å². The molecular weight excluding hydrogens is 535 g/mol. The molecule has 206 valence electrons. The summed E-state index contributed by atoms with van der Waals surface area (Å²) in [7, 11) is 0. The number of halogens is 2. The minimum atomic E-state index is -0.629. The number of nitrogens with one attached hydrogen (secondary N) is 4. The van der Waals surface area contributed by atoms with Gasteiger partial charge < -0.3 is 21.3 Å². The van der Waals surface area contributed by atoms with E-state index >= 15 is 0 Å². The molecule has 4 aromatic rings. The number of carbonyl (C=O) groups is 2. The average molecular weight is 563 g/mol. The van der Waals surface area contributed by atoms with E-state index in [4.69, 9.17) is 11.6 Å². The lowest BCUT2D eigenvalue weighted by atomic mass is 9.91. The second kappa shape index (κ2) is 11.1. The molecule has 4 N–H and O–H groups in total. The minimum Gasteiger partial charge on any atom is -0.379 e. The van der Waals surface area contributed by atoms with Gasteiger partial charge in [-0.25, -0.2) is 13.9 Å². The maximum atomic E-state index is 14.1. The Labute approximate surface area is 234 Å². The Morgan fingerprint density at radius 1 is 0.875 bits per heavy atom. The topological polar surface area (TPSA) is 125 Å². The van der Waals surface area contributed by atoms with Gasteiger partial charge in [0.25, 0.3) is 11.8 Å². The summed E-state index contributed by atoms with van der Waals surface area (Å²) in [6, 6.07) is 10.8. The van der Waals surface area contributed by atoms with E-state index in [1.54, 1.807) is 24.3 Å². The van der Waals surface area contributed by atoms with Gasteiger partial charge in [-0.1, -0.05) is 11.6 Å². The second-order valence-electron chi connectivity index (χ2n) is 10.2. The van der Waals surface area contributed by atoms with Crippen molar-refractivity contribution in [1.82, 2.24) is 24.9 Å². The first kappa shape index (κ1) is 26.0. The van der Waals surface area contributed by atoms with Crippen LogP contribution in [0.4, 0.5) is 21.6 Å². The number of rotatable bonds is 8. The molecule has 0 spiro atoms. The standard InChI is InChI=1S/C28H28ClFN8O2/c29-17-3-1-16(2-4-17)27(39)35-20-9-7-19(8-10-20)34-25-13-23(33-18-5-6-18)26-32-15-24(38(26)37-25)28(40)36-22-11-12-31-14-21(22)30/h1-4,11-15,18-20,33H,5-10H2,(H,34,37)(H,35,39)(H,31,36,40). The van der Waals surface area contributed by atoms with Crippen LogP contribution in [0.1, 0.15) is 59.4 Å². The minimum absolute atomic E-state index is 0.0282. The number of fused-ring (bicyclic) bond motifs is 1. The van der Waals surface area contributed by atoms with Crippen LogP contribution in [0.3, 0.4) is 0 Å². The van der Waals surface area contributed by atoms with Crippen molar-refractivity contribution < 1.29 is 14.0 Å². The van der Waals surface area contributed by atoms with Gasteiger partial charge in [0.15, 0.2) is 17.2 Å². The Bertz CT molecular complexity index is 1550. The van der Waals surface area contributed by atoms with Crippen molar-refractivity contribution in [2.45, 2.75) is 56.7 Å². The van der Waals surface area contributed by atoms with E-state index < -0.39 is 11.7 Å². The first-order chi connectivity index (χ1) is 19.4. The number of carbonyl (C=O) groups excluding carboxylic acids is 2. The highest BCUT2D eigenvalue weighted by molar-refractivity contribution is 6.30. The first-order valence-electron chi connectivity index (χ1n) is 13.3. The third-order valence-electron chi connectivity index (χ3n) is 7.18. The monoisotopic (exact) mass is 562 g/mol. The Morgan fingerprint density at radius 2 is 1.57 bits per heavy atom. The van der Waals surface area contributed by atoms with Gasteiger partial charge in [0.05, 0.1) is 23.8 Å². The molecule has 0 atom stereocenters. The molecule has 12 heteroatoms. The normalized spacial score (nSPS) is 18.8. The highest BCUT2D eigenvalue weighted by Gasteiger charge is 2.26. The van der Waals surface area contributed by atoms with E-state index in [1.807, 2.05) is 6.07 Å². The number of nitrogens with zero attached hydrogens (tertiary/aromatic N) is 4. The number of imidazole rings is 1. The van der Waals surface area contributed by atoms with Gasteiger partial charge in [-0.05, 0) is 68.9 Å². The van der Waals surface area contributed by atoms with E-state index in [-0.39, 0.29) is 29.4 Å². The first-order valence-corrected chi connectivity index (χ1v) is 13.7. The fourth-order valence-electron chi connectivity index (χ4n) is 4.87. The molecule has 2 saturated carbocycles. The van der Waals surface area contributed by atoms with E-state index in [0.29, 0.717) is 28.1 Å². The molecule has 6 rings (SSSR count). The van der Waals surface area contributed by atoms with Crippen LogP contribution in [0.15, 0.2) is 55.0 Å². The van der Waals surface area contributed by atoms with Gasteiger partial charge in [-0.15, -0.1) is 5.10 Å². The summed E-state index contributed by atoms with van der Waals surface area (Å²) < 4.78 is 15.6. The van der Waals surface area contributed by atoms with Crippen LogP contribution in [0.5, 0.6) is 0 Å². The van der Waals surface area contributed by atoms with Crippen LogP contribution in [0.25, 0.3) is 5.65 Å². The molecule has 2 aliphatic rings. The Balaban J connectivity index is 1.15. The fraction of sp³-hybridized carbons (Fsp3) is 0.321. The van der Waals surface area contributed by atoms with Gasteiger partial charge >= 0.3 is 0 Å². The van der Waals surface area contributed by atoms with Crippen LogP contribution in [-0.4, -0.2) is 49.5 Å². The number of amides is 2. The second-order valence-corrected chi connectivity index (χ2v) is 10.7. The SMILES string of the molecule is O=C(NC1CCC(Nc2cc(NC3CC3)c3ncc(C(=O)Nc4ccncc4F)n3n2)CC1)c1ccc(Cl)cc1. The zero-order chi connectivity index (χ0) is 27.6. The zero-order valence-corrected chi connectivity index (χ0v) is 22.3. The van der Waals surface area contributed by atoms with Crippen molar-refractivity contribution in [1.29, 1.82) is 0 Å². The molecular formula is C28H28ClFN8O2. The third-order valence-corrected chi connectivity index (χ3v) is 7.43. The lowest BCUT2D eigenvalue weighted by Gasteiger charge is -2.30. The molecule has 2 aliphatic carbocycles. The third kappa shape index (κ3) is 5.84. The van der Waals surface area contributed by atoms with Gasteiger partial charge in [0.2, 0.25) is 0 Å². The predicted molar refractivity (Wildman–Crippen MR) is 150 cm³/mol. The molecule has 1 aromatic carbocycles. The number of aromatic nitrogens is 4. The average Bonchev–Trinajstić information content (AvgIpc) is 3.66.